The van der Waals surface area contributed by atoms with Crippen LogP contribution in [0.15, 0.2) is 114 Å². The van der Waals surface area contributed by atoms with Crippen LogP contribution in [0.4, 0.5) is 17.1 Å². The fourth-order valence-corrected chi connectivity index (χ4v) is 10.7. The molecule has 4 saturated carbocycles. The third kappa shape index (κ3) is 3.70. The van der Waals surface area contributed by atoms with E-state index in [0.29, 0.717) is 5.92 Å². The predicted octanol–water partition coefficient (Wildman–Crippen LogP) is 12.0. The maximum absolute atomic E-state index is 6.42. The zero-order valence-corrected chi connectivity index (χ0v) is 24.9. The summed E-state index contributed by atoms with van der Waals surface area (Å²) in [5.41, 5.74) is 7.13. The Morgan fingerprint density at radius 1 is 0.535 bits per heavy atom. The van der Waals surface area contributed by atoms with Crippen molar-refractivity contribution in [3.05, 3.63) is 115 Å². The highest BCUT2D eigenvalue weighted by molar-refractivity contribution is 7.25. The summed E-state index contributed by atoms with van der Waals surface area (Å²) in [7, 11) is 0. The zero-order chi connectivity index (χ0) is 28.1. The molecule has 43 heavy (non-hydrogen) atoms. The number of hydrogen-bond donors (Lipinski definition) is 0. The quantitative estimate of drug-likeness (QED) is 0.208. The van der Waals surface area contributed by atoms with Gasteiger partial charge in [0.05, 0.1) is 0 Å². The average molecular weight is 576 g/mol. The van der Waals surface area contributed by atoms with Crippen LogP contribution in [0.2, 0.25) is 0 Å². The van der Waals surface area contributed by atoms with Crippen molar-refractivity contribution in [2.45, 2.75) is 38.0 Å². The van der Waals surface area contributed by atoms with Gasteiger partial charge in [0, 0.05) is 54.1 Å². The SMILES string of the molecule is c1ccc(N(c2ccc3c(c2)oc2ccccc23)c2ccc3c(c2)sc2ccccc23)c(C2C3CC4CC(C3)CC2C4)c1. The lowest BCUT2D eigenvalue weighted by atomic mass is 9.50. The molecule has 0 radical (unpaired) electrons. The van der Waals surface area contributed by atoms with Gasteiger partial charge in [0.15, 0.2) is 0 Å². The maximum Gasteiger partial charge on any atom is 0.137 e. The van der Waals surface area contributed by atoms with E-state index < -0.39 is 0 Å². The van der Waals surface area contributed by atoms with Gasteiger partial charge in [-0.1, -0.05) is 60.7 Å². The van der Waals surface area contributed by atoms with E-state index in [9.17, 15) is 0 Å². The van der Waals surface area contributed by atoms with Crippen LogP contribution < -0.4 is 4.90 Å². The van der Waals surface area contributed by atoms with Crippen LogP contribution in [0.5, 0.6) is 0 Å². The summed E-state index contributed by atoms with van der Waals surface area (Å²) in [5.74, 6) is 4.22. The fraction of sp³-hybridized carbons (Fsp3) is 0.250. The van der Waals surface area contributed by atoms with Crippen molar-refractivity contribution >= 4 is 70.5 Å². The largest absolute Gasteiger partial charge is 0.456 e. The van der Waals surface area contributed by atoms with Crippen LogP contribution >= 0.6 is 11.3 Å². The number of anilines is 3. The van der Waals surface area contributed by atoms with Gasteiger partial charge in [0.25, 0.3) is 0 Å². The van der Waals surface area contributed by atoms with Crippen molar-refractivity contribution in [2.75, 3.05) is 4.90 Å². The van der Waals surface area contributed by atoms with E-state index in [0.717, 1.165) is 40.5 Å². The Labute approximate surface area is 255 Å². The molecular weight excluding hydrogens is 543 g/mol. The van der Waals surface area contributed by atoms with Gasteiger partial charge >= 0.3 is 0 Å². The summed E-state index contributed by atoms with van der Waals surface area (Å²) in [6.45, 7) is 0. The molecule has 0 N–H and O–H groups in total. The molecule has 7 aromatic rings. The van der Waals surface area contributed by atoms with Crippen molar-refractivity contribution in [2.24, 2.45) is 23.7 Å². The second-order valence-electron chi connectivity index (χ2n) is 13.4. The minimum Gasteiger partial charge on any atom is -0.456 e. The van der Waals surface area contributed by atoms with E-state index >= 15 is 0 Å². The molecule has 0 aliphatic heterocycles. The number of furan rings is 1. The molecule has 4 aliphatic rings. The summed E-state index contributed by atoms with van der Waals surface area (Å²) < 4.78 is 9.10. The van der Waals surface area contributed by atoms with Gasteiger partial charge in [0.1, 0.15) is 11.2 Å². The van der Waals surface area contributed by atoms with E-state index in [4.69, 9.17) is 4.42 Å². The Hall–Kier alpha value is -4.08. The predicted molar refractivity (Wildman–Crippen MR) is 181 cm³/mol. The van der Waals surface area contributed by atoms with Crippen LogP contribution in [0.25, 0.3) is 42.1 Å². The summed E-state index contributed by atoms with van der Waals surface area (Å²) in [4.78, 5) is 2.52. The molecule has 0 saturated heterocycles. The van der Waals surface area contributed by atoms with Gasteiger partial charge in [-0.15, -0.1) is 11.3 Å². The van der Waals surface area contributed by atoms with Crippen molar-refractivity contribution in [3.63, 3.8) is 0 Å². The highest BCUT2D eigenvalue weighted by Gasteiger charge is 2.49. The fourth-order valence-electron chi connectivity index (χ4n) is 9.54. The second kappa shape index (κ2) is 9.21. The third-order valence-electron chi connectivity index (χ3n) is 11.0. The number of hydrogen-bond acceptors (Lipinski definition) is 3. The summed E-state index contributed by atoms with van der Waals surface area (Å²) >= 11 is 1.89. The number of nitrogens with zero attached hydrogens (tertiary/aromatic N) is 1. The number of benzene rings is 5. The molecule has 3 heteroatoms. The van der Waals surface area contributed by atoms with Crippen LogP contribution in [0.3, 0.4) is 0 Å². The zero-order valence-electron chi connectivity index (χ0n) is 24.1. The standard InChI is InChI=1S/C40H33NOS/c1-4-10-35(34(9-1)40-26-18-24-17-25(20-26)21-27(40)19-24)41(28-13-15-31-30-7-2-5-11-36(30)42-37(31)22-28)29-14-16-33-32-8-3-6-12-38(32)43-39(33)23-29/h1-16,22-27,40H,17-21H2. The first kappa shape index (κ1) is 24.4. The first-order valence-corrected chi connectivity index (χ1v) is 16.8. The van der Waals surface area contributed by atoms with Crippen LogP contribution in [-0.2, 0) is 0 Å². The molecule has 210 valence electrons. The molecule has 0 spiro atoms. The molecule has 2 heterocycles. The third-order valence-corrected chi connectivity index (χ3v) is 12.1. The minimum absolute atomic E-state index is 0.648. The van der Waals surface area contributed by atoms with E-state index in [1.54, 1.807) is 0 Å². The van der Waals surface area contributed by atoms with Crippen LogP contribution in [-0.4, -0.2) is 0 Å². The Kier molecular flexibility index (Phi) is 5.22. The molecule has 2 nitrogen and oxygen atoms in total. The molecule has 2 aromatic heterocycles. The molecular formula is C40H33NOS. The molecule has 0 atom stereocenters. The molecule has 4 aliphatic carbocycles. The van der Waals surface area contributed by atoms with E-state index in [-0.39, 0.29) is 0 Å². The Morgan fingerprint density at radius 2 is 1.16 bits per heavy atom. The first-order valence-electron chi connectivity index (χ1n) is 16.0. The molecule has 5 aromatic carbocycles. The van der Waals surface area contributed by atoms with Crippen molar-refractivity contribution in [1.82, 2.24) is 0 Å². The second-order valence-corrected chi connectivity index (χ2v) is 14.5. The van der Waals surface area contributed by atoms with Crippen molar-refractivity contribution < 1.29 is 4.42 Å². The topological polar surface area (TPSA) is 16.4 Å². The minimum atomic E-state index is 0.648. The molecule has 0 amide bonds. The lowest BCUT2D eigenvalue weighted by molar-refractivity contribution is -0.00259. The van der Waals surface area contributed by atoms with Crippen LogP contribution in [0.1, 0.15) is 43.6 Å². The number of fused-ring (bicyclic) bond motifs is 6. The molecule has 4 fully saturated rings. The Morgan fingerprint density at radius 3 is 2.00 bits per heavy atom. The lowest BCUT2D eigenvalue weighted by Crippen LogP contribution is -2.44. The Bertz CT molecular complexity index is 2040. The van der Waals surface area contributed by atoms with Crippen molar-refractivity contribution in [3.8, 4) is 0 Å². The molecule has 0 unspecified atom stereocenters. The number of rotatable bonds is 4. The summed E-state index contributed by atoms with van der Waals surface area (Å²) in [6.07, 6.45) is 7.17. The highest BCUT2D eigenvalue weighted by Crippen LogP contribution is 2.61. The van der Waals surface area contributed by atoms with Gasteiger partial charge in [-0.3, -0.25) is 0 Å². The average Bonchev–Trinajstić information content (AvgIpc) is 3.59. The first-order chi connectivity index (χ1) is 21.3. The lowest BCUT2D eigenvalue weighted by Gasteiger charge is -2.55. The van der Waals surface area contributed by atoms with Gasteiger partial charge in [-0.05, 0) is 110 Å². The van der Waals surface area contributed by atoms with Gasteiger partial charge < -0.3 is 9.32 Å². The maximum atomic E-state index is 6.42. The smallest absolute Gasteiger partial charge is 0.137 e. The summed E-state index contributed by atoms with van der Waals surface area (Å²) in [6, 6.07) is 40.4. The van der Waals surface area contributed by atoms with Gasteiger partial charge in [-0.25, -0.2) is 0 Å². The molecule has 11 rings (SSSR count). The number of para-hydroxylation sites is 2. The van der Waals surface area contributed by atoms with Gasteiger partial charge in [0.2, 0.25) is 0 Å². The van der Waals surface area contributed by atoms with E-state index in [1.165, 1.54) is 80.0 Å². The van der Waals surface area contributed by atoms with Crippen molar-refractivity contribution in [1.29, 1.82) is 0 Å². The monoisotopic (exact) mass is 575 g/mol. The normalized spacial score (nSPS) is 24.5. The molecule has 4 bridgehead atoms. The summed E-state index contributed by atoms with van der Waals surface area (Å²) in [5, 5.41) is 5.04. The highest BCUT2D eigenvalue weighted by atomic mass is 32.1. The van der Waals surface area contributed by atoms with E-state index in [1.807, 2.05) is 11.3 Å². The van der Waals surface area contributed by atoms with Gasteiger partial charge in [-0.2, -0.15) is 0 Å². The number of thiophene rings is 1. The Balaban J connectivity index is 1.18. The van der Waals surface area contributed by atoms with E-state index in [2.05, 4.69) is 114 Å². The van der Waals surface area contributed by atoms with Crippen LogP contribution in [0, 0.1) is 23.7 Å².